The molecule has 0 fully saturated rings. The topological polar surface area (TPSA) is 63.3 Å². The SMILES string of the molecule is Cc1cccc(C)c1CC(N)CCC(=O)O. The summed E-state index contributed by atoms with van der Waals surface area (Å²) < 4.78 is 0. The Balaban J connectivity index is 2.62. The van der Waals surface area contributed by atoms with E-state index in [-0.39, 0.29) is 12.5 Å². The summed E-state index contributed by atoms with van der Waals surface area (Å²) in [5, 5.41) is 8.58. The first kappa shape index (κ1) is 12.7. The van der Waals surface area contributed by atoms with E-state index in [0.717, 1.165) is 6.42 Å². The van der Waals surface area contributed by atoms with Gasteiger partial charge in [0.1, 0.15) is 0 Å². The fourth-order valence-corrected chi connectivity index (χ4v) is 1.84. The van der Waals surface area contributed by atoms with Crippen molar-refractivity contribution >= 4 is 5.97 Å². The molecule has 1 aromatic carbocycles. The van der Waals surface area contributed by atoms with Crippen molar-refractivity contribution in [2.24, 2.45) is 5.73 Å². The molecule has 0 spiro atoms. The largest absolute Gasteiger partial charge is 0.481 e. The van der Waals surface area contributed by atoms with Crippen LogP contribution >= 0.6 is 0 Å². The molecule has 0 saturated carbocycles. The summed E-state index contributed by atoms with van der Waals surface area (Å²) in [6, 6.07) is 6.08. The fraction of sp³-hybridized carbons (Fsp3) is 0.462. The molecule has 16 heavy (non-hydrogen) atoms. The number of carbonyl (C=O) groups is 1. The molecule has 1 unspecified atom stereocenters. The molecule has 0 aliphatic heterocycles. The molecule has 0 aliphatic rings. The predicted octanol–water partition coefficient (Wildman–Crippen LogP) is 2.04. The molecular formula is C13H19NO2. The number of hydrogen-bond donors (Lipinski definition) is 2. The fourth-order valence-electron chi connectivity index (χ4n) is 1.84. The molecule has 3 N–H and O–H groups in total. The molecule has 0 heterocycles. The van der Waals surface area contributed by atoms with Crippen molar-refractivity contribution in [3.05, 3.63) is 34.9 Å². The van der Waals surface area contributed by atoms with Crippen LogP contribution in [0.2, 0.25) is 0 Å². The van der Waals surface area contributed by atoms with Gasteiger partial charge in [0, 0.05) is 12.5 Å². The van der Waals surface area contributed by atoms with Crippen LogP contribution in [0.25, 0.3) is 0 Å². The Labute approximate surface area is 96.3 Å². The third kappa shape index (κ3) is 3.66. The van der Waals surface area contributed by atoms with Crippen LogP contribution in [0.5, 0.6) is 0 Å². The van der Waals surface area contributed by atoms with Crippen molar-refractivity contribution in [2.75, 3.05) is 0 Å². The first-order valence-corrected chi connectivity index (χ1v) is 5.53. The molecule has 0 radical (unpaired) electrons. The van der Waals surface area contributed by atoms with Gasteiger partial charge in [0.15, 0.2) is 0 Å². The van der Waals surface area contributed by atoms with Crippen LogP contribution < -0.4 is 5.73 Å². The van der Waals surface area contributed by atoms with Crippen LogP contribution in [-0.2, 0) is 11.2 Å². The van der Waals surface area contributed by atoms with Crippen molar-refractivity contribution in [1.82, 2.24) is 0 Å². The third-order valence-corrected chi connectivity index (χ3v) is 2.84. The number of nitrogens with two attached hydrogens (primary N) is 1. The maximum absolute atomic E-state index is 10.4. The molecular weight excluding hydrogens is 202 g/mol. The zero-order valence-electron chi connectivity index (χ0n) is 9.86. The van der Waals surface area contributed by atoms with Gasteiger partial charge in [-0.3, -0.25) is 4.79 Å². The standard InChI is InChI=1S/C13H19NO2/c1-9-4-3-5-10(2)12(9)8-11(14)6-7-13(15)16/h3-5,11H,6-8,14H2,1-2H3,(H,15,16). The van der Waals surface area contributed by atoms with Crippen LogP contribution in [-0.4, -0.2) is 17.1 Å². The molecule has 0 aromatic heterocycles. The lowest BCUT2D eigenvalue weighted by atomic mass is 9.95. The van der Waals surface area contributed by atoms with E-state index in [2.05, 4.69) is 26.0 Å². The van der Waals surface area contributed by atoms with E-state index in [0.29, 0.717) is 6.42 Å². The molecule has 1 atom stereocenters. The normalized spacial score (nSPS) is 12.4. The van der Waals surface area contributed by atoms with Crippen LogP contribution in [0.3, 0.4) is 0 Å². The van der Waals surface area contributed by atoms with Gasteiger partial charge in [0.05, 0.1) is 0 Å². The number of carboxylic acid groups (broad SMARTS) is 1. The molecule has 1 aromatic rings. The van der Waals surface area contributed by atoms with Crippen molar-refractivity contribution in [3.8, 4) is 0 Å². The predicted molar refractivity (Wildman–Crippen MR) is 64.5 cm³/mol. The maximum Gasteiger partial charge on any atom is 0.303 e. The minimum atomic E-state index is -0.781. The minimum Gasteiger partial charge on any atom is -0.481 e. The summed E-state index contributed by atoms with van der Waals surface area (Å²) in [5.74, 6) is -0.781. The molecule has 0 saturated heterocycles. The second kappa shape index (κ2) is 5.66. The van der Waals surface area contributed by atoms with Crippen LogP contribution in [0.1, 0.15) is 29.5 Å². The summed E-state index contributed by atoms with van der Waals surface area (Å²) in [6.07, 6.45) is 1.43. The van der Waals surface area contributed by atoms with Gasteiger partial charge >= 0.3 is 5.97 Å². The Morgan fingerprint density at radius 2 is 1.94 bits per heavy atom. The van der Waals surface area contributed by atoms with Gasteiger partial charge in [-0.1, -0.05) is 18.2 Å². The number of carboxylic acids is 1. The Morgan fingerprint density at radius 3 is 2.44 bits per heavy atom. The van der Waals surface area contributed by atoms with Gasteiger partial charge < -0.3 is 10.8 Å². The average molecular weight is 221 g/mol. The van der Waals surface area contributed by atoms with Gasteiger partial charge in [-0.2, -0.15) is 0 Å². The van der Waals surface area contributed by atoms with Crippen LogP contribution in [0, 0.1) is 13.8 Å². The Bertz CT molecular complexity index is 354. The van der Waals surface area contributed by atoms with Gasteiger partial charge in [-0.05, 0) is 43.4 Å². The highest BCUT2D eigenvalue weighted by Gasteiger charge is 2.10. The average Bonchev–Trinajstić information content (AvgIpc) is 2.21. The highest BCUT2D eigenvalue weighted by Crippen LogP contribution is 2.16. The molecule has 3 nitrogen and oxygen atoms in total. The van der Waals surface area contributed by atoms with Gasteiger partial charge in [-0.25, -0.2) is 0 Å². The first-order valence-electron chi connectivity index (χ1n) is 5.53. The first-order chi connectivity index (χ1) is 7.50. The summed E-state index contributed by atoms with van der Waals surface area (Å²) >= 11 is 0. The van der Waals surface area contributed by atoms with Crippen molar-refractivity contribution in [3.63, 3.8) is 0 Å². The summed E-state index contributed by atoms with van der Waals surface area (Å²) in [6.45, 7) is 4.12. The monoisotopic (exact) mass is 221 g/mol. The highest BCUT2D eigenvalue weighted by molar-refractivity contribution is 5.66. The van der Waals surface area contributed by atoms with E-state index in [1.54, 1.807) is 0 Å². The summed E-state index contributed by atoms with van der Waals surface area (Å²) in [4.78, 5) is 10.4. The van der Waals surface area contributed by atoms with Crippen molar-refractivity contribution < 1.29 is 9.90 Å². The quantitative estimate of drug-likeness (QED) is 0.799. The zero-order chi connectivity index (χ0) is 12.1. The third-order valence-electron chi connectivity index (χ3n) is 2.84. The number of rotatable bonds is 5. The number of hydrogen-bond acceptors (Lipinski definition) is 2. The Hall–Kier alpha value is -1.35. The van der Waals surface area contributed by atoms with E-state index in [1.165, 1.54) is 16.7 Å². The lowest BCUT2D eigenvalue weighted by Crippen LogP contribution is -2.24. The molecule has 0 aliphatic carbocycles. The zero-order valence-corrected chi connectivity index (χ0v) is 9.86. The molecule has 3 heteroatoms. The number of benzene rings is 1. The number of aryl methyl sites for hydroxylation is 2. The van der Waals surface area contributed by atoms with Crippen LogP contribution in [0.15, 0.2) is 18.2 Å². The van der Waals surface area contributed by atoms with E-state index < -0.39 is 5.97 Å². The minimum absolute atomic E-state index is 0.0732. The summed E-state index contributed by atoms with van der Waals surface area (Å²) in [5.41, 5.74) is 9.63. The number of aliphatic carboxylic acids is 1. The van der Waals surface area contributed by atoms with Gasteiger partial charge in [0.25, 0.3) is 0 Å². The van der Waals surface area contributed by atoms with E-state index in [4.69, 9.17) is 10.8 Å². The smallest absolute Gasteiger partial charge is 0.303 e. The Kier molecular flexibility index (Phi) is 4.50. The second-order valence-electron chi connectivity index (χ2n) is 4.27. The molecule has 88 valence electrons. The maximum atomic E-state index is 10.4. The Morgan fingerprint density at radius 1 is 1.38 bits per heavy atom. The molecule has 1 rings (SSSR count). The molecule has 0 bridgehead atoms. The second-order valence-corrected chi connectivity index (χ2v) is 4.27. The van der Waals surface area contributed by atoms with Crippen molar-refractivity contribution in [1.29, 1.82) is 0 Å². The molecule has 0 amide bonds. The van der Waals surface area contributed by atoms with E-state index in [9.17, 15) is 4.79 Å². The van der Waals surface area contributed by atoms with Gasteiger partial charge in [-0.15, -0.1) is 0 Å². The van der Waals surface area contributed by atoms with E-state index in [1.807, 2.05) is 6.07 Å². The lowest BCUT2D eigenvalue weighted by Gasteiger charge is -2.14. The van der Waals surface area contributed by atoms with Crippen LogP contribution in [0.4, 0.5) is 0 Å². The summed E-state index contributed by atoms with van der Waals surface area (Å²) in [7, 11) is 0. The van der Waals surface area contributed by atoms with Gasteiger partial charge in [0.2, 0.25) is 0 Å². The van der Waals surface area contributed by atoms with Crippen molar-refractivity contribution in [2.45, 2.75) is 39.2 Å². The lowest BCUT2D eigenvalue weighted by molar-refractivity contribution is -0.137. The van der Waals surface area contributed by atoms with E-state index >= 15 is 0 Å². The highest BCUT2D eigenvalue weighted by atomic mass is 16.4.